The van der Waals surface area contributed by atoms with Gasteiger partial charge in [0.05, 0.1) is 18.7 Å². The Bertz CT molecular complexity index is 744. The van der Waals surface area contributed by atoms with Crippen LogP contribution < -0.4 is 10.6 Å². The zero-order valence-corrected chi connectivity index (χ0v) is 17.5. The third kappa shape index (κ3) is 4.64. The van der Waals surface area contributed by atoms with Crippen LogP contribution in [0.15, 0.2) is 30.3 Å². The van der Waals surface area contributed by atoms with E-state index in [0.29, 0.717) is 19.5 Å². The van der Waals surface area contributed by atoms with Crippen LogP contribution in [0.1, 0.15) is 63.0 Å². The average Bonchev–Trinajstić information content (AvgIpc) is 3.26. The highest BCUT2D eigenvalue weighted by Gasteiger charge is 2.51. The molecular formula is C23H33N3O3. The Morgan fingerprint density at radius 1 is 1.14 bits per heavy atom. The summed E-state index contributed by atoms with van der Waals surface area (Å²) in [5, 5.41) is 15.8. The molecule has 6 nitrogen and oxygen atoms in total. The number of urea groups is 1. The van der Waals surface area contributed by atoms with Crippen molar-refractivity contribution in [1.29, 1.82) is 0 Å². The summed E-state index contributed by atoms with van der Waals surface area (Å²) < 4.78 is 0. The SMILES string of the molecule is CCCNC(=O)N1[C@H](CO)[C@H](c2ccc(C3=CCCC3)cc2)[C@@H]1CNC(=O)CC. The third-order valence-corrected chi connectivity index (χ3v) is 6.03. The predicted molar refractivity (Wildman–Crippen MR) is 115 cm³/mol. The quantitative estimate of drug-likeness (QED) is 0.628. The van der Waals surface area contributed by atoms with Gasteiger partial charge in [0.25, 0.3) is 0 Å². The van der Waals surface area contributed by atoms with Crippen molar-refractivity contribution in [2.45, 2.75) is 64.0 Å². The smallest absolute Gasteiger partial charge is 0.318 e. The third-order valence-electron chi connectivity index (χ3n) is 6.03. The van der Waals surface area contributed by atoms with Crippen LogP contribution in [0.25, 0.3) is 5.57 Å². The summed E-state index contributed by atoms with van der Waals surface area (Å²) in [5.74, 6) is -0.0372. The summed E-state index contributed by atoms with van der Waals surface area (Å²) in [4.78, 5) is 26.2. The maximum absolute atomic E-state index is 12.7. The van der Waals surface area contributed by atoms with E-state index >= 15 is 0 Å². The summed E-state index contributed by atoms with van der Waals surface area (Å²) in [5.41, 5.74) is 3.75. The number of benzene rings is 1. The van der Waals surface area contributed by atoms with Crippen molar-refractivity contribution < 1.29 is 14.7 Å². The molecule has 1 aliphatic heterocycles. The molecule has 1 fully saturated rings. The van der Waals surface area contributed by atoms with Crippen LogP contribution in [0.2, 0.25) is 0 Å². The maximum atomic E-state index is 12.7. The zero-order valence-electron chi connectivity index (χ0n) is 17.5. The molecule has 158 valence electrons. The van der Waals surface area contributed by atoms with E-state index in [-0.39, 0.29) is 36.5 Å². The topological polar surface area (TPSA) is 81.7 Å². The minimum atomic E-state index is -0.285. The van der Waals surface area contributed by atoms with Gasteiger partial charge in [-0.1, -0.05) is 44.2 Å². The first kappa shape index (κ1) is 21.4. The molecule has 0 spiro atoms. The molecule has 3 rings (SSSR count). The van der Waals surface area contributed by atoms with Gasteiger partial charge in [-0.3, -0.25) is 4.79 Å². The Morgan fingerprint density at radius 3 is 2.48 bits per heavy atom. The van der Waals surface area contributed by atoms with Gasteiger partial charge in [0.2, 0.25) is 5.91 Å². The van der Waals surface area contributed by atoms with Crippen molar-refractivity contribution in [3.05, 3.63) is 41.5 Å². The lowest BCUT2D eigenvalue weighted by Crippen LogP contribution is -2.70. The molecule has 29 heavy (non-hydrogen) atoms. The molecule has 0 radical (unpaired) electrons. The van der Waals surface area contributed by atoms with Crippen molar-refractivity contribution in [3.63, 3.8) is 0 Å². The van der Waals surface area contributed by atoms with Crippen LogP contribution in [-0.4, -0.2) is 53.7 Å². The van der Waals surface area contributed by atoms with E-state index in [1.54, 1.807) is 4.90 Å². The predicted octanol–water partition coefficient (Wildman–Crippen LogP) is 3.03. The summed E-state index contributed by atoms with van der Waals surface area (Å²) >= 11 is 0. The van der Waals surface area contributed by atoms with Gasteiger partial charge in [-0.25, -0.2) is 4.79 Å². The number of likely N-dealkylation sites (tertiary alicyclic amines) is 1. The number of carbonyl (C=O) groups excluding carboxylic acids is 2. The second-order valence-corrected chi connectivity index (χ2v) is 7.88. The van der Waals surface area contributed by atoms with Crippen LogP contribution >= 0.6 is 0 Å². The molecule has 0 bridgehead atoms. The number of nitrogens with zero attached hydrogens (tertiary/aromatic N) is 1. The van der Waals surface area contributed by atoms with Gasteiger partial charge in [0, 0.05) is 25.4 Å². The summed E-state index contributed by atoms with van der Waals surface area (Å²) in [6.07, 6.45) is 7.05. The molecule has 3 N–H and O–H groups in total. The highest BCUT2D eigenvalue weighted by Crippen LogP contribution is 2.41. The average molecular weight is 400 g/mol. The number of rotatable bonds is 8. The van der Waals surface area contributed by atoms with Crippen LogP contribution in [-0.2, 0) is 4.79 Å². The summed E-state index contributed by atoms with van der Waals surface area (Å²) in [6.45, 7) is 4.70. The van der Waals surface area contributed by atoms with E-state index < -0.39 is 0 Å². The van der Waals surface area contributed by atoms with Gasteiger partial charge in [0.1, 0.15) is 0 Å². The van der Waals surface area contributed by atoms with Crippen molar-refractivity contribution in [2.75, 3.05) is 19.7 Å². The minimum absolute atomic E-state index is 0.00357. The number of aliphatic hydroxyl groups excluding tert-OH is 1. The molecule has 3 amide bonds. The number of allylic oxidation sites excluding steroid dienone is 2. The van der Waals surface area contributed by atoms with E-state index in [9.17, 15) is 14.7 Å². The van der Waals surface area contributed by atoms with Crippen molar-refractivity contribution in [1.82, 2.24) is 15.5 Å². The van der Waals surface area contributed by atoms with Crippen molar-refractivity contribution in [3.8, 4) is 0 Å². The van der Waals surface area contributed by atoms with E-state index in [2.05, 4.69) is 41.0 Å². The first-order valence-corrected chi connectivity index (χ1v) is 10.8. The summed E-state index contributed by atoms with van der Waals surface area (Å²) in [7, 11) is 0. The first-order valence-electron chi connectivity index (χ1n) is 10.8. The molecule has 0 aromatic heterocycles. The molecule has 2 aliphatic rings. The fraction of sp³-hybridized carbons (Fsp3) is 0.565. The number of carbonyl (C=O) groups is 2. The standard InChI is InChI=1S/C23H33N3O3/c1-3-13-24-23(29)26-19(14-25-21(28)4-2)22(20(26)15-27)18-11-9-17(10-12-18)16-7-5-6-8-16/h7,9-12,19-20,22,27H,3-6,8,13-15H2,1-2H3,(H,24,29)(H,25,28)/t19-,20+,22+/m0/s1. The van der Waals surface area contributed by atoms with Crippen molar-refractivity contribution >= 4 is 17.5 Å². The van der Waals surface area contributed by atoms with Crippen LogP contribution in [0.4, 0.5) is 4.79 Å². The molecule has 3 atom stereocenters. The Morgan fingerprint density at radius 2 is 1.90 bits per heavy atom. The van der Waals surface area contributed by atoms with Gasteiger partial charge in [-0.15, -0.1) is 0 Å². The normalized spacial score (nSPS) is 23.3. The lowest BCUT2D eigenvalue weighted by atomic mass is 9.75. The molecular weight excluding hydrogens is 366 g/mol. The largest absolute Gasteiger partial charge is 0.394 e. The van der Waals surface area contributed by atoms with Crippen LogP contribution in [0.5, 0.6) is 0 Å². The minimum Gasteiger partial charge on any atom is -0.394 e. The molecule has 1 aliphatic carbocycles. The van der Waals surface area contributed by atoms with Crippen LogP contribution in [0, 0.1) is 0 Å². The number of amides is 3. The molecule has 1 aromatic rings. The molecule has 1 aromatic carbocycles. The Labute approximate surface area is 173 Å². The highest BCUT2D eigenvalue weighted by atomic mass is 16.3. The molecule has 1 saturated heterocycles. The van der Waals surface area contributed by atoms with E-state index in [1.807, 2.05) is 13.8 Å². The Kier molecular flexibility index (Phi) is 7.31. The lowest BCUT2D eigenvalue weighted by molar-refractivity contribution is -0.121. The zero-order chi connectivity index (χ0) is 20.8. The molecule has 0 saturated carbocycles. The molecule has 1 heterocycles. The molecule has 0 unspecified atom stereocenters. The summed E-state index contributed by atoms with van der Waals surface area (Å²) in [6, 6.07) is 7.87. The van der Waals surface area contributed by atoms with Gasteiger partial charge in [-0.2, -0.15) is 0 Å². The Balaban J connectivity index is 1.79. The van der Waals surface area contributed by atoms with Gasteiger partial charge in [-0.05, 0) is 42.4 Å². The number of nitrogens with one attached hydrogen (secondary N) is 2. The van der Waals surface area contributed by atoms with E-state index in [0.717, 1.165) is 24.8 Å². The molecule has 6 heteroatoms. The van der Waals surface area contributed by atoms with Gasteiger partial charge >= 0.3 is 6.03 Å². The number of aliphatic hydroxyl groups is 1. The number of hydrogen-bond donors (Lipinski definition) is 3. The Hall–Kier alpha value is -2.34. The fourth-order valence-electron chi connectivity index (χ4n) is 4.44. The fourth-order valence-corrected chi connectivity index (χ4v) is 4.44. The second kappa shape index (κ2) is 9.92. The monoisotopic (exact) mass is 399 g/mol. The number of hydrogen-bond acceptors (Lipinski definition) is 3. The maximum Gasteiger partial charge on any atom is 0.318 e. The van der Waals surface area contributed by atoms with Crippen molar-refractivity contribution in [2.24, 2.45) is 0 Å². The first-order chi connectivity index (χ1) is 14.1. The van der Waals surface area contributed by atoms with Gasteiger partial charge < -0.3 is 20.6 Å². The van der Waals surface area contributed by atoms with E-state index in [4.69, 9.17) is 0 Å². The lowest BCUT2D eigenvalue weighted by Gasteiger charge is -2.54. The van der Waals surface area contributed by atoms with Crippen LogP contribution in [0.3, 0.4) is 0 Å². The van der Waals surface area contributed by atoms with E-state index in [1.165, 1.54) is 17.6 Å². The van der Waals surface area contributed by atoms with Gasteiger partial charge in [0.15, 0.2) is 0 Å². The second-order valence-electron chi connectivity index (χ2n) is 7.88. The highest BCUT2D eigenvalue weighted by molar-refractivity contribution is 5.78.